The molecule has 1 aliphatic rings. The molecule has 5 nitrogen and oxygen atoms in total. The minimum atomic E-state index is -0.350. The molecule has 0 amide bonds. The maximum Gasteiger partial charge on any atom is 0.337 e. The molecule has 1 aliphatic heterocycles. The van der Waals surface area contributed by atoms with Crippen LogP contribution in [0.1, 0.15) is 11.1 Å². The monoisotopic (exact) mass is 243 g/mol. The van der Waals surface area contributed by atoms with E-state index < -0.39 is 0 Å². The van der Waals surface area contributed by atoms with Gasteiger partial charge in [0.05, 0.1) is 23.9 Å². The summed E-state index contributed by atoms with van der Waals surface area (Å²) in [6.07, 6.45) is 1.66. The van der Waals surface area contributed by atoms with Gasteiger partial charge in [-0.15, -0.1) is 0 Å². The predicted molar refractivity (Wildman–Crippen MR) is 65.0 cm³/mol. The Balaban J connectivity index is 1.93. The van der Waals surface area contributed by atoms with E-state index in [4.69, 9.17) is 10.00 Å². The standard InChI is InChI=1S/C13H13N3O2/c14-5-10-2-1-3-11(4-10)8-18-13(17)12-6-15-9-16-7-12/h1-4,6,15-16H,7-9H2. The molecule has 0 aromatic heterocycles. The van der Waals surface area contributed by atoms with E-state index in [0.717, 1.165) is 5.56 Å². The summed E-state index contributed by atoms with van der Waals surface area (Å²) in [5.74, 6) is -0.350. The SMILES string of the molecule is N#Cc1cccc(COC(=O)C2=CNCNC2)c1. The molecule has 0 spiro atoms. The molecule has 1 aromatic rings. The number of ether oxygens (including phenoxy) is 1. The molecule has 92 valence electrons. The second kappa shape index (κ2) is 5.84. The highest BCUT2D eigenvalue weighted by Gasteiger charge is 2.13. The molecule has 0 unspecified atom stereocenters. The molecule has 1 aromatic carbocycles. The summed E-state index contributed by atoms with van der Waals surface area (Å²) >= 11 is 0. The van der Waals surface area contributed by atoms with E-state index >= 15 is 0 Å². The number of nitrogens with zero attached hydrogens (tertiary/aromatic N) is 1. The van der Waals surface area contributed by atoms with Crippen LogP contribution in [0.4, 0.5) is 0 Å². The fourth-order valence-corrected chi connectivity index (χ4v) is 1.60. The van der Waals surface area contributed by atoms with Crippen LogP contribution in [0.2, 0.25) is 0 Å². The van der Waals surface area contributed by atoms with Crippen molar-refractivity contribution < 1.29 is 9.53 Å². The fraction of sp³-hybridized carbons (Fsp3) is 0.231. The topological polar surface area (TPSA) is 74.1 Å². The molecule has 0 atom stereocenters. The van der Waals surface area contributed by atoms with E-state index in [1.165, 1.54) is 0 Å². The minimum absolute atomic E-state index is 0.172. The molecule has 0 fully saturated rings. The number of nitrogens with one attached hydrogen (secondary N) is 2. The summed E-state index contributed by atoms with van der Waals surface area (Å²) in [6, 6.07) is 9.05. The summed E-state index contributed by atoms with van der Waals surface area (Å²) in [5.41, 5.74) is 1.93. The van der Waals surface area contributed by atoms with Gasteiger partial charge >= 0.3 is 5.97 Å². The van der Waals surface area contributed by atoms with Crippen molar-refractivity contribution in [1.82, 2.24) is 10.6 Å². The largest absolute Gasteiger partial charge is 0.457 e. The number of esters is 1. The molecule has 0 saturated heterocycles. The third kappa shape index (κ3) is 3.09. The summed E-state index contributed by atoms with van der Waals surface area (Å²) in [5, 5.41) is 14.7. The van der Waals surface area contributed by atoms with Crippen molar-refractivity contribution in [2.45, 2.75) is 6.61 Å². The van der Waals surface area contributed by atoms with Gasteiger partial charge in [-0.25, -0.2) is 4.79 Å². The lowest BCUT2D eigenvalue weighted by molar-refractivity contribution is -0.140. The van der Waals surface area contributed by atoms with Crippen molar-refractivity contribution in [3.05, 3.63) is 47.2 Å². The predicted octanol–water partition coefficient (Wildman–Crippen LogP) is 0.636. The highest BCUT2D eigenvalue weighted by Crippen LogP contribution is 2.07. The van der Waals surface area contributed by atoms with Crippen LogP contribution in [0, 0.1) is 11.3 Å². The van der Waals surface area contributed by atoms with Crippen LogP contribution in [0.3, 0.4) is 0 Å². The van der Waals surface area contributed by atoms with Gasteiger partial charge < -0.3 is 10.1 Å². The quantitative estimate of drug-likeness (QED) is 0.762. The zero-order chi connectivity index (χ0) is 12.8. The van der Waals surface area contributed by atoms with Gasteiger partial charge in [-0.3, -0.25) is 5.32 Å². The third-order valence-electron chi connectivity index (χ3n) is 2.51. The number of nitriles is 1. The Morgan fingerprint density at radius 3 is 3.11 bits per heavy atom. The van der Waals surface area contributed by atoms with Crippen molar-refractivity contribution in [3.63, 3.8) is 0 Å². The number of rotatable bonds is 3. The van der Waals surface area contributed by atoms with Gasteiger partial charge in [0.2, 0.25) is 0 Å². The fourth-order valence-electron chi connectivity index (χ4n) is 1.60. The van der Waals surface area contributed by atoms with Crippen molar-refractivity contribution >= 4 is 5.97 Å². The van der Waals surface area contributed by atoms with E-state index in [1.54, 1.807) is 24.4 Å². The average Bonchev–Trinajstić information content (AvgIpc) is 2.46. The van der Waals surface area contributed by atoms with Crippen LogP contribution < -0.4 is 10.6 Å². The van der Waals surface area contributed by atoms with Crippen LogP contribution in [0.5, 0.6) is 0 Å². The maximum atomic E-state index is 11.7. The smallest absolute Gasteiger partial charge is 0.337 e. The molecule has 0 saturated carbocycles. The first-order valence-electron chi connectivity index (χ1n) is 5.59. The van der Waals surface area contributed by atoms with Gasteiger partial charge in [-0.2, -0.15) is 5.26 Å². The molecule has 0 bridgehead atoms. The second-order valence-corrected chi connectivity index (χ2v) is 3.87. The molecule has 18 heavy (non-hydrogen) atoms. The number of carbonyl (C=O) groups is 1. The Bertz CT molecular complexity index is 517. The van der Waals surface area contributed by atoms with Crippen LogP contribution in [-0.2, 0) is 16.1 Å². The van der Waals surface area contributed by atoms with Gasteiger partial charge in [-0.1, -0.05) is 12.1 Å². The zero-order valence-electron chi connectivity index (χ0n) is 9.77. The van der Waals surface area contributed by atoms with E-state index in [1.807, 2.05) is 12.1 Å². The molecule has 0 aliphatic carbocycles. The lowest BCUT2D eigenvalue weighted by Gasteiger charge is -2.14. The Kier molecular flexibility index (Phi) is 3.94. The Morgan fingerprint density at radius 1 is 1.50 bits per heavy atom. The lowest BCUT2D eigenvalue weighted by atomic mass is 10.1. The van der Waals surface area contributed by atoms with Gasteiger partial charge in [0.15, 0.2) is 0 Å². The third-order valence-corrected chi connectivity index (χ3v) is 2.51. The summed E-state index contributed by atoms with van der Waals surface area (Å²) in [4.78, 5) is 11.7. The Labute approximate surface area is 105 Å². The summed E-state index contributed by atoms with van der Waals surface area (Å²) < 4.78 is 5.17. The zero-order valence-corrected chi connectivity index (χ0v) is 9.77. The van der Waals surface area contributed by atoms with Gasteiger partial charge in [-0.05, 0) is 17.7 Å². The Morgan fingerprint density at radius 2 is 2.39 bits per heavy atom. The molecule has 5 heteroatoms. The van der Waals surface area contributed by atoms with Crippen molar-refractivity contribution in [3.8, 4) is 6.07 Å². The van der Waals surface area contributed by atoms with Crippen LogP contribution in [0.15, 0.2) is 36.0 Å². The summed E-state index contributed by atoms with van der Waals surface area (Å²) in [7, 11) is 0. The average molecular weight is 243 g/mol. The lowest BCUT2D eigenvalue weighted by Crippen LogP contribution is -2.35. The number of hydrogen-bond acceptors (Lipinski definition) is 5. The van der Waals surface area contributed by atoms with Gasteiger partial charge in [0, 0.05) is 12.7 Å². The number of benzene rings is 1. The first kappa shape index (κ1) is 12.1. The maximum absolute atomic E-state index is 11.7. The van der Waals surface area contributed by atoms with Crippen molar-refractivity contribution in [2.24, 2.45) is 0 Å². The van der Waals surface area contributed by atoms with Crippen LogP contribution in [0.25, 0.3) is 0 Å². The normalized spacial score (nSPS) is 14.1. The van der Waals surface area contributed by atoms with Gasteiger partial charge in [0.1, 0.15) is 6.61 Å². The van der Waals surface area contributed by atoms with Crippen molar-refractivity contribution in [2.75, 3.05) is 13.2 Å². The first-order valence-corrected chi connectivity index (χ1v) is 5.59. The minimum Gasteiger partial charge on any atom is -0.457 e. The molecule has 0 radical (unpaired) electrons. The molecular weight excluding hydrogens is 230 g/mol. The number of hydrogen-bond donors (Lipinski definition) is 2. The van der Waals surface area contributed by atoms with E-state index in [9.17, 15) is 4.79 Å². The van der Waals surface area contributed by atoms with E-state index in [2.05, 4.69) is 10.6 Å². The summed E-state index contributed by atoms with van der Waals surface area (Å²) in [6.45, 7) is 1.33. The van der Waals surface area contributed by atoms with Gasteiger partial charge in [0.25, 0.3) is 0 Å². The van der Waals surface area contributed by atoms with Crippen LogP contribution >= 0.6 is 0 Å². The van der Waals surface area contributed by atoms with Crippen LogP contribution in [-0.4, -0.2) is 19.2 Å². The molecule has 2 rings (SSSR count). The highest BCUT2D eigenvalue weighted by atomic mass is 16.5. The Hall–Kier alpha value is -2.32. The van der Waals surface area contributed by atoms with Crippen molar-refractivity contribution in [1.29, 1.82) is 5.26 Å². The van der Waals surface area contributed by atoms with E-state index in [0.29, 0.717) is 24.4 Å². The molecule has 2 N–H and O–H groups in total. The second-order valence-electron chi connectivity index (χ2n) is 3.87. The van der Waals surface area contributed by atoms with E-state index in [-0.39, 0.29) is 12.6 Å². The first-order chi connectivity index (χ1) is 8.79. The molecule has 1 heterocycles. The number of carbonyl (C=O) groups excluding carboxylic acids is 1. The molecular formula is C13H13N3O2. The highest BCUT2D eigenvalue weighted by molar-refractivity contribution is 5.88.